The molecule has 0 aromatic heterocycles. The van der Waals surface area contributed by atoms with Gasteiger partial charge in [-0.2, -0.15) is 0 Å². The van der Waals surface area contributed by atoms with Crippen LogP contribution in [0.1, 0.15) is 25.3 Å². The molecule has 0 aliphatic carbocycles. The lowest BCUT2D eigenvalue weighted by atomic mass is 10.1. The van der Waals surface area contributed by atoms with E-state index in [1.54, 1.807) is 7.11 Å². The van der Waals surface area contributed by atoms with Crippen molar-refractivity contribution >= 4 is 0 Å². The summed E-state index contributed by atoms with van der Waals surface area (Å²) >= 11 is 0. The lowest BCUT2D eigenvalue weighted by Gasteiger charge is -2.04. The van der Waals surface area contributed by atoms with Crippen molar-refractivity contribution in [2.75, 3.05) is 7.11 Å². The molecule has 0 unspecified atom stereocenters. The SMILES string of the molecule is CCC/C=C/Cc1ccccc1OC. The maximum absolute atomic E-state index is 5.27. The molecule has 14 heavy (non-hydrogen) atoms. The molecule has 0 N–H and O–H groups in total. The van der Waals surface area contributed by atoms with Gasteiger partial charge in [0.2, 0.25) is 0 Å². The van der Waals surface area contributed by atoms with Gasteiger partial charge in [0.15, 0.2) is 0 Å². The Bertz CT molecular complexity index is 289. The summed E-state index contributed by atoms with van der Waals surface area (Å²) < 4.78 is 5.27. The Hall–Kier alpha value is -1.24. The smallest absolute Gasteiger partial charge is 0.122 e. The van der Waals surface area contributed by atoms with Crippen molar-refractivity contribution in [3.8, 4) is 5.75 Å². The van der Waals surface area contributed by atoms with E-state index in [0.717, 1.165) is 18.6 Å². The van der Waals surface area contributed by atoms with E-state index < -0.39 is 0 Å². The maximum atomic E-state index is 5.27. The predicted molar refractivity (Wildman–Crippen MR) is 60.7 cm³/mol. The van der Waals surface area contributed by atoms with Crippen LogP contribution in [0.5, 0.6) is 5.75 Å². The van der Waals surface area contributed by atoms with Gasteiger partial charge in [0.05, 0.1) is 7.11 Å². The highest BCUT2D eigenvalue weighted by Gasteiger charge is 1.97. The van der Waals surface area contributed by atoms with Crippen LogP contribution in [-0.2, 0) is 6.42 Å². The maximum Gasteiger partial charge on any atom is 0.122 e. The molecule has 0 saturated heterocycles. The van der Waals surface area contributed by atoms with E-state index in [1.165, 1.54) is 12.0 Å². The standard InChI is InChI=1S/C13H18O/c1-3-4-5-6-9-12-10-7-8-11-13(12)14-2/h5-8,10-11H,3-4,9H2,1-2H3/b6-5+. The molecular formula is C13H18O. The van der Waals surface area contributed by atoms with Crippen LogP contribution >= 0.6 is 0 Å². The molecule has 0 aliphatic heterocycles. The summed E-state index contributed by atoms with van der Waals surface area (Å²) in [5.74, 6) is 0.980. The number of ether oxygens (including phenoxy) is 1. The van der Waals surface area contributed by atoms with Gasteiger partial charge < -0.3 is 4.74 Å². The van der Waals surface area contributed by atoms with Gasteiger partial charge in [0, 0.05) is 0 Å². The van der Waals surface area contributed by atoms with Gasteiger partial charge in [-0.05, 0) is 24.5 Å². The van der Waals surface area contributed by atoms with Crippen molar-refractivity contribution in [3.63, 3.8) is 0 Å². The Morgan fingerprint density at radius 3 is 2.71 bits per heavy atom. The van der Waals surface area contributed by atoms with Crippen LogP contribution in [0.4, 0.5) is 0 Å². The third-order valence-electron chi connectivity index (χ3n) is 2.15. The number of para-hydroxylation sites is 1. The van der Waals surface area contributed by atoms with Gasteiger partial charge in [-0.15, -0.1) is 0 Å². The van der Waals surface area contributed by atoms with Gasteiger partial charge in [-0.3, -0.25) is 0 Å². The molecule has 1 nitrogen and oxygen atoms in total. The minimum Gasteiger partial charge on any atom is -0.496 e. The quantitative estimate of drug-likeness (QED) is 0.645. The topological polar surface area (TPSA) is 9.23 Å². The summed E-state index contributed by atoms with van der Waals surface area (Å²) in [6.07, 6.45) is 7.77. The Labute approximate surface area is 86.4 Å². The largest absolute Gasteiger partial charge is 0.496 e. The van der Waals surface area contributed by atoms with Crippen LogP contribution < -0.4 is 4.74 Å². The van der Waals surface area contributed by atoms with E-state index in [1.807, 2.05) is 18.2 Å². The van der Waals surface area contributed by atoms with Crippen LogP contribution in [0, 0.1) is 0 Å². The molecule has 1 aromatic carbocycles. The average Bonchev–Trinajstić information content (AvgIpc) is 2.25. The zero-order valence-electron chi connectivity index (χ0n) is 8.99. The molecule has 0 aliphatic rings. The molecular weight excluding hydrogens is 172 g/mol. The summed E-state index contributed by atoms with van der Waals surface area (Å²) in [4.78, 5) is 0. The fraction of sp³-hybridized carbons (Fsp3) is 0.385. The first kappa shape index (κ1) is 10.8. The molecule has 0 fully saturated rings. The number of unbranched alkanes of at least 4 members (excludes halogenated alkanes) is 1. The number of benzene rings is 1. The summed E-state index contributed by atoms with van der Waals surface area (Å²) in [7, 11) is 1.72. The first-order valence-electron chi connectivity index (χ1n) is 5.15. The van der Waals surface area contributed by atoms with Crippen molar-refractivity contribution in [1.29, 1.82) is 0 Å². The minimum absolute atomic E-state index is 0.962. The Kier molecular flexibility index (Phi) is 4.84. The highest BCUT2D eigenvalue weighted by atomic mass is 16.5. The summed E-state index contributed by atoms with van der Waals surface area (Å²) in [5.41, 5.74) is 1.25. The highest BCUT2D eigenvalue weighted by Crippen LogP contribution is 2.17. The Balaban J connectivity index is 2.57. The monoisotopic (exact) mass is 190 g/mol. The average molecular weight is 190 g/mol. The molecule has 0 heterocycles. The second-order valence-corrected chi connectivity index (χ2v) is 3.28. The van der Waals surface area contributed by atoms with E-state index in [2.05, 4.69) is 25.1 Å². The molecule has 76 valence electrons. The second kappa shape index (κ2) is 6.25. The third-order valence-corrected chi connectivity index (χ3v) is 2.15. The van der Waals surface area contributed by atoms with Crippen LogP contribution in [0.25, 0.3) is 0 Å². The first-order chi connectivity index (χ1) is 6.88. The summed E-state index contributed by atoms with van der Waals surface area (Å²) in [6.45, 7) is 2.19. The zero-order chi connectivity index (χ0) is 10.2. The molecule has 0 radical (unpaired) electrons. The van der Waals surface area contributed by atoms with Crippen LogP contribution in [-0.4, -0.2) is 7.11 Å². The molecule has 0 bridgehead atoms. The van der Waals surface area contributed by atoms with Gasteiger partial charge >= 0.3 is 0 Å². The Morgan fingerprint density at radius 1 is 1.21 bits per heavy atom. The molecule has 0 atom stereocenters. The van der Waals surface area contributed by atoms with E-state index in [0.29, 0.717) is 0 Å². The minimum atomic E-state index is 0.962. The first-order valence-corrected chi connectivity index (χ1v) is 5.15. The molecule has 0 saturated carbocycles. The van der Waals surface area contributed by atoms with E-state index >= 15 is 0 Å². The van der Waals surface area contributed by atoms with Gasteiger partial charge in [-0.1, -0.05) is 43.7 Å². The predicted octanol–water partition coefficient (Wildman–Crippen LogP) is 3.59. The van der Waals surface area contributed by atoms with Crippen molar-refractivity contribution in [1.82, 2.24) is 0 Å². The summed E-state index contributed by atoms with van der Waals surface area (Å²) in [6, 6.07) is 8.15. The van der Waals surface area contributed by atoms with Gasteiger partial charge in [-0.25, -0.2) is 0 Å². The molecule has 1 rings (SSSR count). The van der Waals surface area contributed by atoms with Crippen molar-refractivity contribution in [2.45, 2.75) is 26.2 Å². The molecule has 1 heteroatoms. The lowest BCUT2D eigenvalue weighted by Crippen LogP contribution is -1.89. The molecule has 1 aromatic rings. The number of rotatable bonds is 5. The second-order valence-electron chi connectivity index (χ2n) is 3.28. The highest BCUT2D eigenvalue weighted by molar-refractivity contribution is 5.34. The van der Waals surface area contributed by atoms with E-state index in [-0.39, 0.29) is 0 Å². The zero-order valence-corrected chi connectivity index (χ0v) is 8.99. The van der Waals surface area contributed by atoms with Crippen LogP contribution in [0.3, 0.4) is 0 Å². The normalized spacial score (nSPS) is 10.7. The Morgan fingerprint density at radius 2 is 2.00 bits per heavy atom. The fourth-order valence-corrected chi connectivity index (χ4v) is 1.37. The number of methoxy groups -OCH3 is 1. The van der Waals surface area contributed by atoms with Crippen LogP contribution in [0.15, 0.2) is 36.4 Å². The molecule has 0 spiro atoms. The van der Waals surface area contributed by atoms with Crippen molar-refractivity contribution < 1.29 is 4.74 Å². The summed E-state index contributed by atoms with van der Waals surface area (Å²) in [5, 5.41) is 0. The number of hydrogen-bond acceptors (Lipinski definition) is 1. The van der Waals surface area contributed by atoms with E-state index in [9.17, 15) is 0 Å². The molecule has 0 amide bonds. The third kappa shape index (κ3) is 3.25. The van der Waals surface area contributed by atoms with Crippen molar-refractivity contribution in [2.24, 2.45) is 0 Å². The van der Waals surface area contributed by atoms with Crippen molar-refractivity contribution in [3.05, 3.63) is 42.0 Å². The van der Waals surface area contributed by atoms with E-state index in [4.69, 9.17) is 4.74 Å². The number of allylic oxidation sites excluding steroid dienone is 2. The van der Waals surface area contributed by atoms with Gasteiger partial charge in [0.25, 0.3) is 0 Å². The fourth-order valence-electron chi connectivity index (χ4n) is 1.37. The number of hydrogen-bond donors (Lipinski definition) is 0. The van der Waals surface area contributed by atoms with Crippen LogP contribution in [0.2, 0.25) is 0 Å². The lowest BCUT2D eigenvalue weighted by molar-refractivity contribution is 0.410. The van der Waals surface area contributed by atoms with Gasteiger partial charge in [0.1, 0.15) is 5.75 Å².